The molecule has 160 valence electrons. The van der Waals surface area contributed by atoms with Crippen molar-refractivity contribution >= 4 is 17.6 Å². The van der Waals surface area contributed by atoms with Crippen LogP contribution in [0.25, 0.3) is 0 Å². The van der Waals surface area contributed by atoms with Crippen LogP contribution in [0.4, 0.5) is 10.5 Å². The van der Waals surface area contributed by atoms with Crippen molar-refractivity contribution in [3.05, 3.63) is 66.2 Å². The molecule has 30 heavy (non-hydrogen) atoms. The van der Waals surface area contributed by atoms with Crippen LogP contribution in [0.3, 0.4) is 0 Å². The number of hydrogen-bond donors (Lipinski definition) is 2. The van der Waals surface area contributed by atoms with Crippen LogP contribution in [0, 0.1) is 0 Å². The Hall–Kier alpha value is -3.02. The van der Waals surface area contributed by atoms with E-state index in [4.69, 9.17) is 0 Å². The maximum atomic E-state index is 12.4. The van der Waals surface area contributed by atoms with E-state index in [1.54, 1.807) is 0 Å². The van der Waals surface area contributed by atoms with Gasteiger partial charge >= 0.3 is 6.03 Å². The molecule has 1 saturated heterocycles. The minimum atomic E-state index is -0.0441. The summed E-state index contributed by atoms with van der Waals surface area (Å²) in [5, 5.41) is 6.12. The smallest absolute Gasteiger partial charge is 0.317 e. The molecule has 1 fully saturated rings. The lowest BCUT2D eigenvalue weighted by atomic mass is 10.0. The highest BCUT2D eigenvalue weighted by Crippen LogP contribution is 2.13. The fraction of sp³-hybridized carbons (Fsp3) is 0.417. The molecule has 0 bridgehead atoms. The summed E-state index contributed by atoms with van der Waals surface area (Å²) >= 11 is 0. The average molecular weight is 409 g/mol. The quantitative estimate of drug-likeness (QED) is 0.657. The molecule has 1 heterocycles. The molecule has 0 radical (unpaired) electrons. The third kappa shape index (κ3) is 6.24. The van der Waals surface area contributed by atoms with Gasteiger partial charge in [-0.25, -0.2) is 4.79 Å². The van der Waals surface area contributed by atoms with Crippen LogP contribution in [-0.4, -0.2) is 55.6 Å². The van der Waals surface area contributed by atoms with Crippen molar-refractivity contribution in [1.82, 2.24) is 15.5 Å². The number of amides is 3. The number of likely N-dealkylation sites (tertiary alicyclic amines) is 1. The first-order chi connectivity index (χ1) is 14.7. The Bertz CT molecular complexity index is 789. The van der Waals surface area contributed by atoms with E-state index in [-0.39, 0.29) is 18.0 Å². The maximum Gasteiger partial charge on any atom is 0.317 e. The Labute approximate surface area is 179 Å². The molecule has 3 amide bonds. The lowest BCUT2D eigenvalue weighted by molar-refractivity contribution is 0.0918. The van der Waals surface area contributed by atoms with Gasteiger partial charge in [0, 0.05) is 50.0 Å². The molecule has 1 aliphatic rings. The number of carbonyl (C=O) groups excluding carboxylic acids is 2. The Morgan fingerprint density at radius 3 is 2.27 bits per heavy atom. The molecule has 0 atom stereocenters. The van der Waals surface area contributed by atoms with Crippen LogP contribution >= 0.6 is 0 Å². The van der Waals surface area contributed by atoms with Gasteiger partial charge in [-0.15, -0.1) is 0 Å². The summed E-state index contributed by atoms with van der Waals surface area (Å²) in [5.74, 6) is -0.0441. The van der Waals surface area contributed by atoms with Gasteiger partial charge in [-0.2, -0.15) is 0 Å². The largest absolute Gasteiger partial charge is 0.372 e. The van der Waals surface area contributed by atoms with E-state index in [0.717, 1.165) is 32.4 Å². The highest BCUT2D eigenvalue weighted by molar-refractivity contribution is 5.94. The molecule has 6 heteroatoms. The van der Waals surface area contributed by atoms with E-state index in [9.17, 15) is 9.59 Å². The highest BCUT2D eigenvalue weighted by atomic mass is 16.2. The number of anilines is 1. The zero-order chi connectivity index (χ0) is 21.2. The molecule has 2 aromatic carbocycles. The summed E-state index contributed by atoms with van der Waals surface area (Å²) in [6.07, 6.45) is 2.46. The normalized spacial score (nSPS) is 14.2. The topological polar surface area (TPSA) is 64.7 Å². The predicted molar refractivity (Wildman–Crippen MR) is 121 cm³/mol. The van der Waals surface area contributed by atoms with E-state index in [0.29, 0.717) is 25.2 Å². The first kappa shape index (κ1) is 21.7. The van der Waals surface area contributed by atoms with Crippen LogP contribution < -0.4 is 15.5 Å². The van der Waals surface area contributed by atoms with Crippen LogP contribution in [-0.2, 0) is 0 Å². The molecule has 0 aromatic heterocycles. The fourth-order valence-corrected chi connectivity index (χ4v) is 3.77. The van der Waals surface area contributed by atoms with Crippen LogP contribution in [0.2, 0.25) is 0 Å². The summed E-state index contributed by atoms with van der Waals surface area (Å²) in [6.45, 7) is 5.99. The van der Waals surface area contributed by atoms with Gasteiger partial charge in [0.25, 0.3) is 5.91 Å². The molecule has 0 saturated carbocycles. The zero-order valence-electron chi connectivity index (χ0n) is 17.7. The number of nitrogens with zero attached hydrogens (tertiary/aromatic N) is 2. The maximum absolute atomic E-state index is 12.4. The van der Waals surface area contributed by atoms with Gasteiger partial charge in [0.05, 0.1) is 0 Å². The second-order valence-corrected chi connectivity index (χ2v) is 7.60. The highest BCUT2D eigenvalue weighted by Gasteiger charge is 2.23. The third-order valence-electron chi connectivity index (χ3n) is 5.54. The van der Waals surface area contributed by atoms with Crippen molar-refractivity contribution in [2.24, 2.45) is 0 Å². The zero-order valence-corrected chi connectivity index (χ0v) is 17.7. The van der Waals surface area contributed by atoms with Crippen molar-refractivity contribution in [2.75, 3.05) is 37.6 Å². The van der Waals surface area contributed by atoms with Gasteiger partial charge in [-0.3, -0.25) is 4.79 Å². The van der Waals surface area contributed by atoms with Gasteiger partial charge in [0.1, 0.15) is 0 Å². The number of nitrogens with one attached hydrogen (secondary N) is 2. The predicted octanol–water partition coefficient (Wildman–Crippen LogP) is 3.51. The minimum Gasteiger partial charge on any atom is -0.372 e. The van der Waals surface area contributed by atoms with Crippen LogP contribution in [0.5, 0.6) is 0 Å². The van der Waals surface area contributed by atoms with E-state index in [1.165, 1.54) is 5.69 Å². The van der Waals surface area contributed by atoms with E-state index >= 15 is 0 Å². The monoisotopic (exact) mass is 408 g/mol. The second kappa shape index (κ2) is 11.2. The summed E-state index contributed by atoms with van der Waals surface area (Å²) < 4.78 is 0. The van der Waals surface area contributed by atoms with Gasteiger partial charge < -0.3 is 20.4 Å². The van der Waals surface area contributed by atoms with Crippen molar-refractivity contribution in [2.45, 2.75) is 32.2 Å². The molecular formula is C24H32N4O2. The number of urea groups is 1. The lowest BCUT2D eigenvalue weighted by Crippen LogP contribution is -2.49. The van der Waals surface area contributed by atoms with Gasteiger partial charge in [0.15, 0.2) is 0 Å². The van der Waals surface area contributed by atoms with Gasteiger partial charge in [-0.05, 0) is 50.5 Å². The molecule has 0 aliphatic carbocycles. The van der Waals surface area contributed by atoms with E-state index < -0.39 is 0 Å². The second-order valence-electron chi connectivity index (χ2n) is 7.60. The standard InChI is InChI=1S/C24H32N4O2/c1-2-27(22-12-7-4-8-13-22)17-9-16-25-24(30)28-18-14-21(15-19-28)26-23(29)20-10-5-3-6-11-20/h3-8,10-13,21H,2,9,14-19H2,1H3,(H,25,30)(H,26,29). The number of rotatable bonds is 8. The summed E-state index contributed by atoms with van der Waals surface area (Å²) in [4.78, 5) is 28.9. The fourth-order valence-electron chi connectivity index (χ4n) is 3.77. The summed E-state index contributed by atoms with van der Waals surface area (Å²) in [6, 6.07) is 19.7. The summed E-state index contributed by atoms with van der Waals surface area (Å²) in [7, 11) is 0. The average Bonchev–Trinajstić information content (AvgIpc) is 2.80. The number of carbonyl (C=O) groups is 2. The molecular weight excluding hydrogens is 376 g/mol. The molecule has 1 aliphatic heterocycles. The number of piperidine rings is 1. The Kier molecular flexibility index (Phi) is 8.12. The Morgan fingerprint density at radius 2 is 1.63 bits per heavy atom. The molecule has 2 N–H and O–H groups in total. The van der Waals surface area contributed by atoms with Crippen molar-refractivity contribution < 1.29 is 9.59 Å². The molecule has 0 spiro atoms. The molecule has 3 rings (SSSR count). The van der Waals surface area contributed by atoms with Crippen LogP contribution in [0.15, 0.2) is 60.7 Å². The first-order valence-electron chi connectivity index (χ1n) is 10.9. The number of benzene rings is 2. The Morgan fingerprint density at radius 1 is 1.00 bits per heavy atom. The molecule has 2 aromatic rings. The van der Waals surface area contributed by atoms with Crippen molar-refractivity contribution in [3.8, 4) is 0 Å². The number of para-hydroxylation sites is 1. The Balaban J connectivity index is 1.34. The van der Waals surface area contributed by atoms with Crippen molar-refractivity contribution in [1.29, 1.82) is 0 Å². The van der Waals surface area contributed by atoms with Crippen molar-refractivity contribution in [3.63, 3.8) is 0 Å². The number of hydrogen-bond acceptors (Lipinski definition) is 3. The molecule has 0 unspecified atom stereocenters. The van der Waals surface area contributed by atoms with E-state index in [2.05, 4.69) is 34.6 Å². The van der Waals surface area contributed by atoms with Crippen LogP contribution in [0.1, 0.15) is 36.5 Å². The molecule has 6 nitrogen and oxygen atoms in total. The SMILES string of the molecule is CCN(CCCNC(=O)N1CCC(NC(=O)c2ccccc2)CC1)c1ccccc1. The van der Waals surface area contributed by atoms with Gasteiger partial charge in [-0.1, -0.05) is 36.4 Å². The van der Waals surface area contributed by atoms with Gasteiger partial charge in [0.2, 0.25) is 0 Å². The van der Waals surface area contributed by atoms with E-state index in [1.807, 2.05) is 53.4 Å². The first-order valence-corrected chi connectivity index (χ1v) is 10.9. The third-order valence-corrected chi connectivity index (χ3v) is 5.54. The minimum absolute atomic E-state index is 0.00871. The summed E-state index contributed by atoms with van der Waals surface area (Å²) in [5.41, 5.74) is 1.89. The lowest BCUT2D eigenvalue weighted by Gasteiger charge is -2.32.